The lowest BCUT2D eigenvalue weighted by Gasteiger charge is -2.11. The van der Waals surface area contributed by atoms with E-state index in [9.17, 15) is 9.59 Å². The van der Waals surface area contributed by atoms with Crippen molar-refractivity contribution in [2.75, 3.05) is 13.7 Å². The molecule has 0 aliphatic carbocycles. The number of ether oxygens (including phenoxy) is 2. The van der Waals surface area contributed by atoms with Crippen LogP contribution in [0, 0.1) is 20.8 Å². The molecule has 0 unspecified atom stereocenters. The summed E-state index contributed by atoms with van der Waals surface area (Å²) in [5.74, 6) is -0.133. The van der Waals surface area contributed by atoms with Crippen molar-refractivity contribution in [3.63, 3.8) is 0 Å². The molecule has 2 aromatic carbocycles. The first-order chi connectivity index (χ1) is 11.9. The van der Waals surface area contributed by atoms with Crippen molar-refractivity contribution in [2.24, 2.45) is 0 Å². The van der Waals surface area contributed by atoms with Crippen LogP contribution in [0.2, 0.25) is 0 Å². The van der Waals surface area contributed by atoms with Gasteiger partial charge in [0.25, 0.3) is 5.91 Å². The predicted molar refractivity (Wildman–Crippen MR) is 95.8 cm³/mol. The molecular formula is C20H23NO4. The third-order valence-electron chi connectivity index (χ3n) is 3.99. The number of nitrogens with one attached hydrogen (secondary N) is 1. The second-order valence-electron chi connectivity index (χ2n) is 5.96. The van der Waals surface area contributed by atoms with Gasteiger partial charge in [0, 0.05) is 11.1 Å². The minimum Gasteiger partial charge on any atom is -0.496 e. The third kappa shape index (κ3) is 5.08. The molecule has 5 nitrogen and oxygen atoms in total. The second kappa shape index (κ2) is 8.33. The summed E-state index contributed by atoms with van der Waals surface area (Å²) in [6.45, 7) is 5.79. The number of amides is 1. The van der Waals surface area contributed by atoms with E-state index in [0.717, 1.165) is 22.3 Å². The van der Waals surface area contributed by atoms with Gasteiger partial charge in [0.15, 0.2) is 0 Å². The van der Waals surface area contributed by atoms with Crippen molar-refractivity contribution in [1.82, 2.24) is 5.32 Å². The summed E-state index contributed by atoms with van der Waals surface area (Å²) in [6, 6.07) is 11.1. The number of rotatable bonds is 6. The van der Waals surface area contributed by atoms with E-state index >= 15 is 0 Å². The van der Waals surface area contributed by atoms with Crippen LogP contribution in [0.15, 0.2) is 36.4 Å². The number of carbonyl (C=O) groups is 2. The van der Waals surface area contributed by atoms with Crippen molar-refractivity contribution >= 4 is 11.9 Å². The number of methoxy groups -OCH3 is 1. The number of benzene rings is 2. The summed E-state index contributed by atoms with van der Waals surface area (Å²) in [7, 11) is 1.57. The summed E-state index contributed by atoms with van der Waals surface area (Å²) in [4.78, 5) is 24.0. The van der Waals surface area contributed by atoms with Gasteiger partial charge in [-0.1, -0.05) is 17.7 Å². The van der Waals surface area contributed by atoms with Crippen LogP contribution in [-0.4, -0.2) is 25.5 Å². The third-order valence-corrected chi connectivity index (χ3v) is 3.99. The molecule has 1 N–H and O–H groups in total. The first kappa shape index (κ1) is 18.5. The molecule has 0 bridgehead atoms. The molecule has 0 saturated heterocycles. The fourth-order valence-electron chi connectivity index (χ4n) is 2.37. The Morgan fingerprint density at radius 1 is 1.00 bits per heavy atom. The van der Waals surface area contributed by atoms with E-state index in [1.54, 1.807) is 19.2 Å². The molecule has 2 aromatic rings. The van der Waals surface area contributed by atoms with Crippen LogP contribution in [0.4, 0.5) is 0 Å². The summed E-state index contributed by atoms with van der Waals surface area (Å²) in [6.07, 6.45) is 0. The Balaban J connectivity index is 1.87. The van der Waals surface area contributed by atoms with E-state index < -0.39 is 5.97 Å². The van der Waals surface area contributed by atoms with Crippen molar-refractivity contribution in [3.05, 3.63) is 64.2 Å². The molecular weight excluding hydrogens is 318 g/mol. The van der Waals surface area contributed by atoms with Gasteiger partial charge in [-0.25, -0.2) is 0 Å². The number of hydrogen-bond acceptors (Lipinski definition) is 4. The van der Waals surface area contributed by atoms with Gasteiger partial charge in [-0.15, -0.1) is 0 Å². The largest absolute Gasteiger partial charge is 0.496 e. The lowest BCUT2D eigenvalue weighted by Crippen LogP contribution is -2.30. The van der Waals surface area contributed by atoms with Gasteiger partial charge in [0.1, 0.15) is 18.9 Å². The molecule has 0 heterocycles. The van der Waals surface area contributed by atoms with Crippen LogP contribution < -0.4 is 10.1 Å². The minimum absolute atomic E-state index is 0.100. The number of hydrogen-bond donors (Lipinski definition) is 1. The molecule has 25 heavy (non-hydrogen) atoms. The molecule has 5 heteroatoms. The zero-order valence-electron chi connectivity index (χ0n) is 15.0. The van der Waals surface area contributed by atoms with E-state index in [-0.39, 0.29) is 19.1 Å². The van der Waals surface area contributed by atoms with Crippen LogP contribution in [0.25, 0.3) is 0 Å². The normalized spacial score (nSPS) is 10.2. The molecule has 2 rings (SSSR count). The van der Waals surface area contributed by atoms with Crippen LogP contribution >= 0.6 is 0 Å². The van der Waals surface area contributed by atoms with E-state index in [1.807, 2.05) is 45.0 Å². The molecule has 132 valence electrons. The number of carbonyl (C=O) groups excluding carboxylic acids is 2. The lowest BCUT2D eigenvalue weighted by atomic mass is 10.1. The minimum atomic E-state index is -0.499. The summed E-state index contributed by atoms with van der Waals surface area (Å²) in [5, 5.41) is 2.58. The van der Waals surface area contributed by atoms with Crippen molar-refractivity contribution in [2.45, 2.75) is 27.4 Å². The maximum absolute atomic E-state index is 12.1. The average molecular weight is 341 g/mol. The zero-order valence-corrected chi connectivity index (χ0v) is 15.0. The second-order valence-corrected chi connectivity index (χ2v) is 5.96. The monoisotopic (exact) mass is 341 g/mol. The Morgan fingerprint density at radius 2 is 1.76 bits per heavy atom. The van der Waals surface area contributed by atoms with Gasteiger partial charge >= 0.3 is 5.97 Å². The van der Waals surface area contributed by atoms with E-state index in [2.05, 4.69) is 5.32 Å². The number of aryl methyl sites for hydroxylation is 3. The quantitative estimate of drug-likeness (QED) is 0.820. The molecule has 0 saturated carbocycles. The smallest absolute Gasteiger partial charge is 0.325 e. The molecule has 0 aliphatic heterocycles. The van der Waals surface area contributed by atoms with Crippen molar-refractivity contribution < 1.29 is 19.1 Å². The Labute approximate surface area is 148 Å². The highest BCUT2D eigenvalue weighted by Crippen LogP contribution is 2.20. The van der Waals surface area contributed by atoms with Crippen molar-refractivity contribution in [1.29, 1.82) is 0 Å². The van der Waals surface area contributed by atoms with Gasteiger partial charge in [-0.05, 0) is 56.2 Å². The summed E-state index contributed by atoms with van der Waals surface area (Å²) >= 11 is 0. The van der Waals surface area contributed by atoms with Crippen LogP contribution in [0.3, 0.4) is 0 Å². The Hall–Kier alpha value is -2.82. The van der Waals surface area contributed by atoms with Crippen molar-refractivity contribution in [3.8, 4) is 5.75 Å². The van der Waals surface area contributed by atoms with Gasteiger partial charge in [0.2, 0.25) is 0 Å². The van der Waals surface area contributed by atoms with E-state index in [1.165, 1.54) is 0 Å². The van der Waals surface area contributed by atoms with Crippen LogP contribution in [0.1, 0.15) is 32.6 Å². The zero-order chi connectivity index (χ0) is 18.4. The number of esters is 1. The van der Waals surface area contributed by atoms with Crippen LogP contribution in [-0.2, 0) is 16.1 Å². The topological polar surface area (TPSA) is 64.6 Å². The fourth-order valence-corrected chi connectivity index (χ4v) is 2.37. The highest BCUT2D eigenvalue weighted by molar-refractivity contribution is 5.96. The molecule has 0 radical (unpaired) electrons. The van der Waals surface area contributed by atoms with Gasteiger partial charge in [0.05, 0.1) is 7.11 Å². The van der Waals surface area contributed by atoms with E-state index in [4.69, 9.17) is 9.47 Å². The van der Waals surface area contributed by atoms with Crippen LogP contribution in [0.5, 0.6) is 5.75 Å². The Kier molecular flexibility index (Phi) is 6.17. The highest BCUT2D eigenvalue weighted by atomic mass is 16.5. The Bertz CT molecular complexity index is 783. The summed E-state index contributed by atoms with van der Waals surface area (Å²) < 4.78 is 10.5. The molecule has 0 fully saturated rings. The van der Waals surface area contributed by atoms with Gasteiger partial charge < -0.3 is 14.8 Å². The molecule has 0 spiro atoms. The molecule has 0 aromatic heterocycles. The maximum atomic E-state index is 12.1. The SMILES string of the molecule is COc1ccc(C)cc1COC(=O)CNC(=O)c1ccc(C)c(C)c1. The maximum Gasteiger partial charge on any atom is 0.325 e. The standard InChI is InChI=1S/C20H23NO4/c1-13-5-8-18(24-4)17(9-13)12-25-19(22)11-21-20(23)16-7-6-14(2)15(3)10-16/h5-10H,11-12H2,1-4H3,(H,21,23). The van der Waals surface area contributed by atoms with Gasteiger partial charge in [-0.3, -0.25) is 9.59 Å². The van der Waals surface area contributed by atoms with E-state index in [0.29, 0.717) is 11.3 Å². The predicted octanol–water partition coefficient (Wildman–Crippen LogP) is 3.09. The first-order valence-corrected chi connectivity index (χ1v) is 8.05. The first-order valence-electron chi connectivity index (χ1n) is 8.05. The lowest BCUT2D eigenvalue weighted by molar-refractivity contribution is -0.143. The molecule has 0 aliphatic rings. The fraction of sp³-hybridized carbons (Fsp3) is 0.300. The molecule has 1 amide bonds. The average Bonchev–Trinajstić information content (AvgIpc) is 2.60. The highest BCUT2D eigenvalue weighted by Gasteiger charge is 2.11. The van der Waals surface area contributed by atoms with Gasteiger partial charge in [-0.2, -0.15) is 0 Å². The molecule has 0 atom stereocenters. The Morgan fingerprint density at radius 3 is 2.44 bits per heavy atom. The summed E-state index contributed by atoms with van der Waals surface area (Å²) in [5.41, 5.74) is 4.51.